The van der Waals surface area contributed by atoms with Crippen LogP contribution in [0.3, 0.4) is 0 Å². The van der Waals surface area contributed by atoms with Gasteiger partial charge in [0.05, 0.1) is 18.0 Å². The zero-order valence-electron chi connectivity index (χ0n) is 17.6. The van der Waals surface area contributed by atoms with E-state index in [2.05, 4.69) is 38.0 Å². The summed E-state index contributed by atoms with van der Waals surface area (Å²) < 4.78 is 0. The van der Waals surface area contributed by atoms with E-state index in [4.69, 9.17) is 0 Å². The van der Waals surface area contributed by atoms with Gasteiger partial charge in [-0.1, -0.05) is 12.2 Å². The summed E-state index contributed by atoms with van der Waals surface area (Å²) in [6, 6.07) is 0. The van der Waals surface area contributed by atoms with Gasteiger partial charge in [-0.15, -0.1) is 24.0 Å². The standard InChI is InChI=1S/C21H30N6O2.HI/c1-3-22-21(23-8-4-5-16-12-25-26-13(16)2)24-9-10-27-19(28)17-14-6-7-15(11-14)18(17)20(27)29;/h6-7,12,14-15,17-18H,3-5,8-11H2,1-2H3,(H,25,26)(H2,22,23,24);1H. The molecule has 1 aliphatic heterocycles. The average molecular weight is 526 g/mol. The normalized spacial score (nSPS) is 26.9. The van der Waals surface area contributed by atoms with Crippen LogP contribution in [0.15, 0.2) is 23.3 Å². The topological polar surface area (TPSA) is 102 Å². The van der Waals surface area contributed by atoms with Crippen LogP contribution >= 0.6 is 24.0 Å². The quantitative estimate of drug-likeness (QED) is 0.119. The van der Waals surface area contributed by atoms with Crippen molar-refractivity contribution in [3.63, 3.8) is 0 Å². The molecule has 2 heterocycles. The zero-order chi connectivity index (χ0) is 20.4. The Balaban J connectivity index is 0.00000256. The summed E-state index contributed by atoms with van der Waals surface area (Å²) in [5.41, 5.74) is 2.32. The Labute approximate surface area is 194 Å². The van der Waals surface area contributed by atoms with Gasteiger partial charge in [0.2, 0.25) is 11.8 Å². The van der Waals surface area contributed by atoms with Gasteiger partial charge in [0.1, 0.15) is 0 Å². The van der Waals surface area contributed by atoms with Crippen LogP contribution in [0.4, 0.5) is 0 Å². The van der Waals surface area contributed by atoms with Crippen molar-refractivity contribution in [2.45, 2.75) is 33.1 Å². The Hall–Kier alpha value is -1.91. The van der Waals surface area contributed by atoms with E-state index in [1.54, 1.807) is 0 Å². The number of carbonyl (C=O) groups is 2. The van der Waals surface area contributed by atoms with Crippen molar-refractivity contribution in [1.29, 1.82) is 0 Å². The number of nitrogens with zero attached hydrogens (tertiary/aromatic N) is 3. The first kappa shape index (κ1) is 22.8. The van der Waals surface area contributed by atoms with Crippen LogP contribution in [0.2, 0.25) is 0 Å². The van der Waals surface area contributed by atoms with Crippen LogP contribution < -0.4 is 10.6 Å². The Bertz CT molecular complexity index is 805. The molecule has 0 aromatic carbocycles. The summed E-state index contributed by atoms with van der Waals surface area (Å²) in [7, 11) is 0. The molecular weight excluding hydrogens is 495 g/mol. The molecule has 0 radical (unpaired) electrons. The van der Waals surface area contributed by atoms with Crippen molar-refractivity contribution in [1.82, 2.24) is 25.7 Å². The third kappa shape index (κ3) is 4.40. The third-order valence-electron chi connectivity index (χ3n) is 6.34. The van der Waals surface area contributed by atoms with E-state index in [-0.39, 0.29) is 59.5 Å². The monoisotopic (exact) mass is 526 g/mol. The highest BCUT2D eigenvalue weighted by Crippen LogP contribution is 2.52. The van der Waals surface area contributed by atoms with Gasteiger partial charge in [-0.05, 0) is 50.5 Å². The molecule has 4 atom stereocenters. The largest absolute Gasteiger partial charge is 0.357 e. The van der Waals surface area contributed by atoms with Gasteiger partial charge in [0.15, 0.2) is 5.96 Å². The molecule has 2 fully saturated rings. The van der Waals surface area contributed by atoms with Crippen molar-refractivity contribution < 1.29 is 9.59 Å². The maximum absolute atomic E-state index is 12.7. The van der Waals surface area contributed by atoms with Crippen LogP contribution in [0.5, 0.6) is 0 Å². The number of likely N-dealkylation sites (tertiary alicyclic amines) is 1. The van der Waals surface area contributed by atoms with E-state index in [9.17, 15) is 9.59 Å². The predicted molar refractivity (Wildman–Crippen MR) is 125 cm³/mol. The fourth-order valence-corrected chi connectivity index (χ4v) is 4.90. The third-order valence-corrected chi connectivity index (χ3v) is 6.34. The molecule has 4 unspecified atom stereocenters. The molecule has 8 nitrogen and oxygen atoms in total. The highest BCUT2D eigenvalue weighted by molar-refractivity contribution is 14.0. The fraction of sp³-hybridized carbons (Fsp3) is 0.619. The number of fused-ring (bicyclic) bond motifs is 5. The second kappa shape index (κ2) is 9.93. The fourth-order valence-electron chi connectivity index (χ4n) is 4.90. The number of aromatic amines is 1. The number of aliphatic imine (C=N–C) groups is 1. The van der Waals surface area contributed by atoms with Gasteiger partial charge >= 0.3 is 0 Å². The molecule has 3 N–H and O–H groups in total. The number of amides is 2. The van der Waals surface area contributed by atoms with Crippen molar-refractivity contribution >= 4 is 41.8 Å². The molecule has 1 aromatic heterocycles. The molecule has 2 aliphatic carbocycles. The Kier molecular flexibility index (Phi) is 7.54. The smallest absolute Gasteiger partial charge is 0.233 e. The summed E-state index contributed by atoms with van der Waals surface area (Å²) in [4.78, 5) is 31.5. The first-order chi connectivity index (χ1) is 14.1. The molecule has 30 heavy (non-hydrogen) atoms. The van der Waals surface area contributed by atoms with E-state index < -0.39 is 0 Å². The Morgan fingerprint density at radius 2 is 1.93 bits per heavy atom. The highest BCUT2D eigenvalue weighted by atomic mass is 127. The lowest BCUT2D eigenvalue weighted by Crippen LogP contribution is -2.43. The maximum atomic E-state index is 12.7. The number of hydrogen-bond donors (Lipinski definition) is 3. The number of halogens is 1. The lowest BCUT2D eigenvalue weighted by Gasteiger charge is -2.18. The summed E-state index contributed by atoms with van der Waals surface area (Å²) in [6.45, 7) is 6.39. The molecule has 0 spiro atoms. The van der Waals surface area contributed by atoms with E-state index in [1.807, 2.05) is 20.0 Å². The number of hydrogen-bond acceptors (Lipinski definition) is 4. The molecule has 1 aromatic rings. The number of guanidine groups is 1. The van der Waals surface area contributed by atoms with Crippen LogP contribution in [0, 0.1) is 30.6 Å². The number of aryl methyl sites for hydroxylation is 2. The minimum Gasteiger partial charge on any atom is -0.357 e. The first-order valence-electron chi connectivity index (χ1n) is 10.6. The number of rotatable bonds is 8. The number of carbonyl (C=O) groups excluding carboxylic acids is 2. The summed E-state index contributed by atoms with van der Waals surface area (Å²) >= 11 is 0. The minimum atomic E-state index is -0.120. The molecule has 1 saturated carbocycles. The molecule has 1 saturated heterocycles. The molecule has 3 aliphatic rings. The lowest BCUT2D eigenvalue weighted by molar-refractivity contribution is -0.140. The van der Waals surface area contributed by atoms with E-state index in [0.29, 0.717) is 19.6 Å². The van der Waals surface area contributed by atoms with E-state index >= 15 is 0 Å². The highest BCUT2D eigenvalue weighted by Gasteiger charge is 2.58. The van der Waals surface area contributed by atoms with Crippen LogP contribution in [-0.2, 0) is 16.0 Å². The van der Waals surface area contributed by atoms with Gasteiger partial charge < -0.3 is 10.6 Å². The molecule has 9 heteroatoms. The first-order valence-corrected chi connectivity index (χ1v) is 10.6. The molecule has 4 rings (SSSR count). The van der Waals surface area contributed by atoms with Gasteiger partial charge in [-0.2, -0.15) is 5.10 Å². The second-order valence-electron chi connectivity index (χ2n) is 8.14. The van der Waals surface area contributed by atoms with Crippen molar-refractivity contribution in [3.05, 3.63) is 29.6 Å². The van der Waals surface area contributed by atoms with Crippen LogP contribution in [-0.4, -0.2) is 59.1 Å². The van der Waals surface area contributed by atoms with Gasteiger partial charge in [-0.25, -0.2) is 0 Å². The molecule has 2 amide bonds. The summed E-state index contributed by atoms with van der Waals surface area (Å²) in [6.07, 6.45) is 8.94. The Morgan fingerprint density at radius 3 is 2.53 bits per heavy atom. The molecular formula is C21H31IN6O2. The maximum Gasteiger partial charge on any atom is 0.233 e. The van der Waals surface area contributed by atoms with Gasteiger partial charge in [-0.3, -0.25) is 24.6 Å². The zero-order valence-corrected chi connectivity index (χ0v) is 19.9. The number of aromatic nitrogens is 2. The van der Waals surface area contributed by atoms with Gasteiger partial charge in [0.25, 0.3) is 0 Å². The number of nitrogens with one attached hydrogen (secondary N) is 3. The molecule has 2 bridgehead atoms. The van der Waals surface area contributed by atoms with E-state index in [0.717, 1.165) is 37.5 Å². The summed E-state index contributed by atoms with van der Waals surface area (Å²) in [5.74, 6) is 1.02. The minimum absolute atomic E-state index is 0. The van der Waals surface area contributed by atoms with Crippen molar-refractivity contribution in [2.24, 2.45) is 28.7 Å². The van der Waals surface area contributed by atoms with Gasteiger partial charge in [0, 0.05) is 31.9 Å². The number of imide groups is 1. The SMILES string of the molecule is CCNC(=NCCCc1cn[nH]c1C)NCCN1C(=O)C2C3C=CC(C3)C2C1=O.I. The van der Waals surface area contributed by atoms with Crippen LogP contribution in [0.1, 0.15) is 31.0 Å². The average Bonchev–Trinajstić information content (AvgIpc) is 3.46. The van der Waals surface area contributed by atoms with E-state index in [1.165, 1.54) is 10.5 Å². The second-order valence-corrected chi connectivity index (χ2v) is 8.14. The summed E-state index contributed by atoms with van der Waals surface area (Å²) in [5, 5.41) is 13.5. The van der Waals surface area contributed by atoms with Crippen molar-refractivity contribution in [2.75, 3.05) is 26.2 Å². The van der Waals surface area contributed by atoms with Crippen LogP contribution in [0.25, 0.3) is 0 Å². The Morgan fingerprint density at radius 1 is 1.23 bits per heavy atom. The number of H-pyrrole nitrogens is 1. The molecule has 164 valence electrons. The van der Waals surface area contributed by atoms with Crippen molar-refractivity contribution in [3.8, 4) is 0 Å². The predicted octanol–water partition coefficient (Wildman–Crippen LogP) is 1.63. The lowest BCUT2D eigenvalue weighted by atomic mass is 9.85. The number of allylic oxidation sites excluding steroid dienone is 2.